The van der Waals surface area contributed by atoms with E-state index in [1.807, 2.05) is 27.6 Å². The van der Waals surface area contributed by atoms with Crippen LogP contribution < -0.4 is 16.2 Å². The van der Waals surface area contributed by atoms with Gasteiger partial charge in [0.05, 0.1) is 6.04 Å². The zero-order chi connectivity index (χ0) is 24.3. The molecule has 0 radical (unpaired) electrons. The maximum Gasteiger partial charge on any atom is 0.278 e. The second-order valence-corrected chi connectivity index (χ2v) is 10.8. The van der Waals surface area contributed by atoms with E-state index in [1.54, 1.807) is 6.20 Å². The minimum absolute atomic E-state index is 0.0639. The standard InChI is InChI=1S/C27H31N7O/c1-16-12-17-8-9-19(13-18(17)14-28-16)30-26-29-15-21-24(32-26)34(33(25(21)35)20-10-11-20)23-7-5-6-22(31-23)27(2,3)4/h5-9,13,15-16,20,28H,10-12,14H2,1-4H3,(H,29,30,32). The number of aromatic nitrogens is 5. The molecule has 1 aromatic carbocycles. The van der Waals surface area contributed by atoms with Gasteiger partial charge in [0.1, 0.15) is 5.39 Å². The summed E-state index contributed by atoms with van der Waals surface area (Å²) in [5, 5.41) is 7.37. The number of hydrogen-bond donors (Lipinski definition) is 2. The molecule has 6 rings (SSSR count). The van der Waals surface area contributed by atoms with Crippen LogP contribution in [-0.2, 0) is 18.4 Å². The van der Waals surface area contributed by atoms with E-state index in [-0.39, 0.29) is 17.0 Å². The summed E-state index contributed by atoms with van der Waals surface area (Å²) < 4.78 is 3.69. The molecule has 1 aliphatic carbocycles. The van der Waals surface area contributed by atoms with E-state index in [0.717, 1.165) is 37.2 Å². The van der Waals surface area contributed by atoms with Crippen LogP contribution in [0.2, 0.25) is 0 Å². The minimum atomic E-state index is -0.107. The van der Waals surface area contributed by atoms with Crippen molar-refractivity contribution in [3.63, 3.8) is 0 Å². The van der Waals surface area contributed by atoms with Crippen LogP contribution >= 0.6 is 0 Å². The predicted octanol–water partition coefficient (Wildman–Crippen LogP) is 4.39. The second kappa shape index (κ2) is 8.02. The van der Waals surface area contributed by atoms with Crippen molar-refractivity contribution in [1.82, 2.24) is 29.6 Å². The molecule has 2 N–H and O–H groups in total. The first-order valence-electron chi connectivity index (χ1n) is 12.4. The molecule has 0 saturated heterocycles. The predicted molar refractivity (Wildman–Crippen MR) is 138 cm³/mol. The Morgan fingerprint density at radius 2 is 1.91 bits per heavy atom. The van der Waals surface area contributed by atoms with Crippen molar-refractivity contribution in [2.45, 2.75) is 71.0 Å². The van der Waals surface area contributed by atoms with Gasteiger partial charge in [-0.05, 0) is 61.6 Å². The van der Waals surface area contributed by atoms with Crippen LogP contribution in [0.25, 0.3) is 16.9 Å². The zero-order valence-corrected chi connectivity index (χ0v) is 20.7. The molecule has 0 spiro atoms. The highest BCUT2D eigenvalue weighted by Gasteiger charge is 2.31. The lowest BCUT2D eigenvalue weighted by Gasteiger charge is -2.23. The van der Waals surface area contributed by atoms with Crippen molar-refractivity contribution in [1.29, 1.82) is 0 Å². The molecule has 35 heavy (non-hydrogen) atoms. The van der Waals surface area contributed by atoms with Crippen LogP contribution in [0.3, 0.4) is 0 Å². The summed E-state index contributed by atoms with van der Waals surface area (Å²) >= 11 is 0. The van der Waals surface area contributed by atoms with Gasteiger partial charge < -0.3 is 10.6 Å². The van der Waals surface area contributed by atoms with Crippen molar-refractivity contribution >= 4 is 22.7 Å². The van der Waals surface area contributed by atoms with E-state index in [9.17, 15) is 4.79 Å². The van der Waals surface area contributed by atoms with Crippen LogP contribution in [0.5, 0.6) is 0 Å². The summed E-state index contributed by atoms with van der Waals surface area (Å²) in [5.41, 5.74) is 4.97. The van der Waals surface area contributed by atoms with Crippen LogP contribution in [-0.4, -0.2) is 30.4 Å². The molecule has 8 heteroatoms. The Morgan fingerprint density at radius 1 is 1.09 bits per heavy atom. The Hall–Kier alpha value is -3.52. The molecule has 1 unspecified atom stereocenters. The van der Waals surface area contributed by atoms with Gasteiger partial charge in [-0.15, -0.1) is 0 Å². The van der Waals surface area contributed by atoms with Crippen molar-refractivity contribution in [3.8, 4) is 5.82 Å². The Bertz CT molecular complexity index is 1490. The number of fused-ring (bicyclic) bond motifs is 2. The molecule has 1 atom stereocenters. The summed E-state index contributed by atoms with van der Waals surface area (Å²) in [7, 11) is 0. The normalized spacial score (nSPS) is 18.0. The fourth-order valence-corrected chi connectivity index (χ4v) is 4.77. The smallest absolute Gasteiger partial charge is 0.278 e. The number of pyridine rings is 1. The number of benzene rings is 1. The Balaban J connectivity index is 1.44. The molecular weight excluding hydrogens is 438 g/mol. The Morgan fingerprint density at radius 3 is 2.69 bits per heavy atom. The number of nitrogens with one attached hydrogen (secondary N) is 2. The van der Waals surface area contributed by atoms with E-state index < -0.39 is 0 Å². The van der Waals surface area contributed by atoms with Gasteiger partial charge in [0.2, 0.25) is 5.95 Å². The van der Waals surface area contributed by atoms with Crippen molar-refractivity contribution in [2.24, 2.45) is 0 Å². The maximum atomic E-state index is 13.3. The summed E-state index contributed by atoms with van der Waals surface area (Å²) in [6.45, 7) is 9.47. The number of hydrogen-bond acceptors (Lipinski definition) is 6. The summed E-state index contributed by atoms with van der Waals surface area (Å²) in [4.78, 5) is 27.6. The van der Waals surface area contributed by atoms with Gasteiger partial charge in [-0.2, -0.15) is 4.98 Å². The molecule has 1 aliphatic heterocycles. The molecule has 1 fully saturated rings. The van der Waals surface area contributed by atoms with E-state index in [0.29, 0.717) is 28.8 Å². The third kappa shape index (κ3) is 4.01. The van der Waals surface area contributed by atoms with Crippen LogP contribution in [0, 0.1) is 0 Å². The first-order chi connectivity index (χ1) is 16.8. The number of rotatable bonds is 4. The lowest BCUT2D eigenvalue weighted by Crippen LogP contribution is -2.32. The van der Waals surface area contributed by atoms with Gasteiger partial charge in [0, 0.05) is 35.6 Å². The van der Waals surface area contributed by atoms with Gasteiger partial charge in [-0.1, -0.05) is 32.9 Å². The second-order valence-electron chi connectivity index (χ2n) is 10.8. The molecular formula is C27H31N7O. The van der Waals surface area contributed by atoms with Gasteiger partial charge >= 0.3 is 0 Å². The first-order valence-corrected chi connectivity index (χ1v) is 12.4. The van der Waals surface area contributed by atoms with Crippen molar-refractivity contribution in [3.05, 3.63) is 69.8 Å². The van der Waals surface area contributed by atoms with E-state index in [4.69, 9.17) is 9.97 Å². The average molecular weight is 470 g/mol. The Kier molecular flexibility index (Phi) is 5.03. The Labute approximate surface area is 204 Å². The topological polar surface area (TPSA) is 89.7 Å². The molecule has 0 amide bonds. The van der Waals surface area contributed by atoms with E-state index >= 15 is 0 Å². The molecule has 180 valence electrons. The quantitative estimate of drug-likeness (QED) is 0.461. The molecule has 0 bridgehead atoms. The molecule has 3 aromatic heterocycles. The first kappa shape index (κ1) is 22.0. The lowest BCUT2D eigenvalue weighted by molar-refractivity contribution is 0.514. The van der Waals surface area contributed by atoms with E-state index in [2.05, 4.69) is 61.5 Å². The lowest BCUT2D eigenvalue weighted by atomic mass is 9.92. The largest absolute Gasteiger partial charge is 0.324 e. The molecule has 2 aliphatic rings. The summed E-state index contributed by atoms with van der Waals surface area (Å²) in [5.74, 6) is 1.17. The monoisotopic (exact) mass is 469 g/mol. The molecule has 1 saturated carbocycles. The van der Waals surface area contributed by atoms with Crippen LogP contribution in [0.1, 0.15) is 63.4 Å². The highest BCUT2D eigenvalue weighted by molar-refractivity contribution is 5.77. The molecule has 4 aromatic rings. The number of anilines is 2. The maximum absolute atomic E-state index is 13.3. The third-order valence-corrected chi connectivity index (χ3v) is 6.87. The molecule has 8 nitrogen and oxygen atoms in total. The fourth-order valence-electron chi connectivity index (χ4n) is 4.77. The van der Waals surface area contributed by atoms with E-state index in [1.165, 1.54) is 11.1 Å². The molecule has 4 heterocycles. The van der Waals surface area contributed by atoms with Gasteiger partial charge in [0.25, 0.3) is 5.56 Å². The summed E-state index contributed by atoms with van der Waals surface area (Å²) in [6.07, 6.45) is 4.63. The van der Waals surface area contributed by atoms with Crippen LogP contribution in [0.15, 0.2) is 47.4 Å². The summed E-state index contributed by atoms with van der Waals surface area (Å²) in [6, 6.07) is 13.0. The average Bonchev–Trinajstić information content (AvgIpc) is 3.62. The minimum Gasteiger partial charge on any atom is -0.324 e. The fraction of sp³-hybridized carbons (Fsp3) is 0.407. The van der Waals surface area contributed by atoms with Crippen LogP contribution in [0.4, 0.5) is 11.6 Å². The highest BCUT2D eigenvalue weighted by Crippen LogP contribution is 2.35. The third-order valence-electron chi connectivity index (χ3n) is 6.87. The van der Waals surface area contributed by atoms with Gasteiger partial charge in [0.15, 0.2) is 11.5 Å². The highest BCUT2D eigenvalue weighted by atomic mass is 16.1. The van der Waals surface area contributed by atoms with Crippen molar-refractivity contribution < 1.29 is 0 Å². The van der Waals surface area contributed by atoms with Crippen molar-refractivity contribution in [2.75, 3.05) is 5.32 Å². The van der Waals surface area contributed by atoms with Gasteiger partial charge in [-0.25, -0.2) is 19.3 Å². The zero-order valence-electron chi connectivity index (χ0n) is 20.7. The SMILES string of the molecule is CC1Cc2ccc(Nc3ncc4c(=O)n(C5CC5)n(-c5cccc(C(C)(C)C)n5)c4n3)cc2CN1. The number of nitrogens with zero attached hydrogens (tertiary/aromatic N) is 5. The van der Waals surface area contributed by atoms with Gasteiger partial charge in [-0.3, -0.25) is 4.79 Å².